The van der Waals surface area contributed by atoms with Gasteiger partial charge in [0.05, 0.1) is 29.5 Å². The Hall–Kier alpha value is -3.45. The number of fused-ring (bicyclic) bond motifs is 1. The van der Waals surface area contributed by atoms with Crippen molar-refractivity contribution in [2.24, 2.45) is 11.8 Å². The quantitative estimate of drug-likeness (QED) is 0.366. The average molecular weight is 467 g/mol. The number of hydrogen-bond donors (Lipinski definition) is 0. The van der Waals surface area contributed by atoms with E-state index in [1.807, 2.05) is 13.0 Å². The minimum atomic E-state index is -0.688. The Balaban J connectivity index is 1.69. The first kappa shape index (κ1) is 22.7. The summed E-state index contributed by atoms with van der Waals surface area (Å²) < 4.78 is 5.12. The van der Waals surface area contributed by atoms with Crippen LogP contribution in [-0.2, 0) is 9.59 Å². The van der Waals surface area contributed by atoms with Crippen molar-refractivity contribution < 1.29 is 23.9 Å². The first-order chi connectivity index (χ1) is 15.8. The number of benzene rings is 2. The second-order valence-corrected chi connectivity index (χ2v) is 8.59. The van der Waals surface area contributed by atoms with Gasteiger partial charge in [0.15, 0.2) is 5.78 Å². The van der Waals surface area contributed by atoms with Gasteiger partial charge in [-0.05, 0) is 56.2 Å². The Morgan fingerprint density at radius 2 is 1.73 bits per heavy atom. The molecule has 33 heavy (non-hydrogen) atoms. The molecule has 0 N–H and O–H groups in total. The molecule has 8 heteroatoms. The van der Waals surface area contributed by atoms with Gasteiger partial charge in [-0.1, -0.05) is 35.4 Å². The number of amides is 3. The van der Waals surface area contributed by atoms with Crippen molar-refractivity contribution in [1.29, 1.82) is 0 Å². The third-order valence-corrected chi connectivity index (χ3v) is 6.41. The van der Waals surface area contributed by atoms with Crippen LogP contribution in [0.4, 0.5) is 0 Å². The van der Waals surface area contributed by atoms with Gasteiger partial charge < -0.3 is 4.74 Å². The lowest BCUT2D eigenvalue weighted by atomic mass is 9.82. The first-order valence-corrected chi connectivity index (χ1v) is 11.0. The van der Waals surface area contributed by atoms with Gasteiger partial charge in [0, 0.05) is 5.56 Å². The van der Waals surface area contributed by atoms with E-state index in [-0.39, 0.29) is 10.6 Å². The Morgan fingerprint density at radius 1 is 1.06 bits per heavy atom. The lowest BCUT2D eigenvalue weighted by Gasteiger charge is -2.30. The predicted molar refractivity (Wildman–Crippen MR) is 122 cm³/mol. The molecule has 1 saturated heterocycles. The molecule has 1 fully saturated rings. The zero-order chi connectivity index (χ0) is 23.7. The molecular weight excluding hydrogens is 444 g/mol. The number of methoxy groups -OCH3 is 1. The van der Waals surface area contributed by atoms with E-state index < -0.39 is 41.9 Å². The summed E-state index contributed by atoms with van der Waals surface area (Å²) in [6.07, 6.45) is 2.82. The molecule has 0 aromatic heterocycles. The van der Waals surface area contributed by atoms with Gasteiger partial charge in [-0.2, -0.15) is 5.01 Å². The summed E-state index contributed by atoms with van der Waals surface area (Å²) in [5, 5.41) is 1.96. The van der Waals surface area contributed by atoms with Crippen LogP contribution >= 0.6 is 11.6 Å². The third-order valence-electron chi connectivity index (χ3n) is 6.09. The number of ketones is 1. The van der Waals surface area contributed by atoms with Crippen LogP contribution in [0, 0.1) is 11.8 Å². The van der Waals surface area contributed by atoms with Crippen molar-refractivity contribution in [2.75, 3.05) is 13.7 Å². The molecule has 2 atom stereocenters. The minimum Gasteiger partial charge on any atom is -0.497 e. The summed E-state index contributed by atoms with van der Waals surface area (Å²) in [5.41, 5.74) is 1.45. The molecule has 2 aromatic carbocycles. The number of hydrogen-bond acceptors (Lipinski definition) is 5. The Bertz CT molecular complexity index is 1160. The van der Waals surface area contributed by atoms with Gasteiger partial charge in [0.25, 0.3) is 17.7 Å². The number of Topliss-reactive ketones (excluding diaryl/α,β-unsaturated/α-hetero) is 1. The first-order valence-electron chi connectivity index (χ1n) is 10.6. The molecule has 7 nitrogen and oxygen atoms in total. The molecule has 2 aliphatic rings. The highest BCUT2D eigenvalue weighted by atomic mass is 35.5. The standard InChI is InChI=1S/C25H23ClN2O5/c1-15-7-12-18-20(13-15)25(32)28(24(18)31)27(23(30)19-5-3-4-6-21(19)26)14-22(29)16-8-10-17(33-2)11-9-16/h3-11,18,20H,12-14H2,1-2H3/t18-,20-/m1/s1. The monoisotopic (exact) mass is 466 g/mol. The SMILES string of the molecule is COc1ccc(C(=O)CN(C(=O)c2ccccc2Cl)N2C(=O)[C@@H]3CC=C(C)C[C@H]3C2=O)cc1. The van der Waals surface area contributed by atoms with Crippen molar-refractivity contribution in [3.63, 3.8) is 0 Å². The van der Waals surface area contributed by atoms with Crippen LogP contribution in [0.25, 0.3) is 0 Å². The van der Waals surface area contributed by atoms with Crippen molar-refractivity contribution in [3.05, 3.63) is 76.3 Å². The number of hydrazine groups is 1. The predicted octanol–water partition coefficient (Wildman–Crippen LogP) is 3.93. The Kier molecular flexibility index (Phi) is 6.33. The lowest BCUT2D eigenvalue weighted by Crippen LogP contribution is -2.52. The second-order valence-electron chi connectivity index (χ2n) is 8.19. The van der Waals surface area contributed by atoms with Crippen molar-refractivity contribution in [3.8, 4) is 5.75 Å². The number of carbonyl (C=O) groups is 4. The van der Waals surface area contributed by atoms with E-state index in [2.05, 4.69) is 0 Å². The topological polar surface area (TPSA) is 84.0 Å². The van der Waals surface area contributed by atoms with E-state index in [1.165, 1.54) is 13.2 Å². The molecule has 170 valence electrons. The van der Waals surface area contributed by atoms with Crippen LogP contribution < -0.4 is 4.74 Å². The maximum Gasteiger partial charge on any atom is 0.274 e. The molecular formula is C25H23ClN2O5. The van der Waals surface area contributed by atoms with Gasteiger partial charge in [-0.15, -0.1) is 0 Å². The summed E-state index contributed by atoms with van der Waals surface area (Å²) >= 11 is 6.23. The van der Waals surface area contributed by atoms with E-state index in [1.54, 1.807) is 42.5 Å². The van der Waals surface area contributed by atoms with Crippen LogP contribution in [0.5, 0.6) is 5.75 Å². The van der Waals surface area contributed by atoms with E-state index in [0.29, 0.717) is 24.2 Å². The van der Waals surface area contributed by atoms with Crippen LogP contribution in [0.2, 0.25) is 5.02 Å². The summed E-state index contributed by atoms with van der Waals surface area (Å²) in [7, 11) is 1.52. The Labute approximate surface area is 196 Å². The van der Waals surface area contributed by atoms with Crippen LogP contribution in [0.3, 0.4) is 0 Å². The summed E-state index contributed by atoms with van der Waals surface area (Å²) in [5.74, 6) is -2.57. The fourth-order valence-electron chi connectivity index (χ4n) is 4.27. The van der Waals surface area contributed by atoms with Crippen LogP contribution in [-0.4, -0.2) is 47.2 Å². The van der Waals surface area contributed by atoms with E-state index in [0.717, 1.165) is 15.6 Å². The summed E-state index contributed by atoms with van der Waals surface area (Å²) in [6, 6.07) is 12.7. The maximum absolute atomic E-state index is 13.5. The van der Waals surface area contributed by atoms with E-state index >= 15 is 0 Å². The number of ether oxygens (including phenoxy) is 1. The highest BCUT2D eigenvalue weighted by molar-refractivity contribution is 6.34. The fourth-order valence-corrected chi connectivity index (χ4v) is 4.49. The van der Waals surface area contributed by atoms with Crippen LogP contribution in [0.15, 0.2) is 60.2 Å². The second kappa shape index (κ2) is 9.19. The molecule has 0 spiro atoms. The highest BCUT2D eigenvalue weighted by Crippen LogP contribution is 2.38. The van der Waals surface area contributed by atoms with E-state index in [9.17, 15) is 19.2 Å². The molecule has 4 rings (SSSR count). The number of halogens is 1. The normalized spacial score (nSPS) is 19.7. The molecule has 1 aliphatic heterocycles. The minimum absolute atomic E-state index is 0.103. The van der Waals surface area contributed by atoms with Crippen molar-refractivity contribution in [1.82, 2.24) is 10.0 Å². The largest absolute Gasteiger partial charge is 0.497 e. The molecule has 1 heterocycles. The molecule has 0 saturated carbocycles. The fraction of sp³-hybridized carbons (Fsp3) is 0.280. The number of rotatable bonds is 6. The zero-order valence-corrected chi connectivity index (χ0v) is 19.0. The van der Waals surface area contributed by atoms with Gasteiger partial charge in [-0.3, -0.25) is 19.2 Å². The van der Waals surface area contributed by atoms with Gasteiger partial charge in [-0.25, -0.2) is 5.01 Å². The van der Waals surface area contributed by atoms with Crippen molar-refractivity contribution >= 4 is 35.1 Å². The van der Waals surface area contributed by atoms with Crippen LogP contribution in [0.1, 0.15) is 40.5 Å². The summed E-state index contributed by atoms with van der Waals surface area (Å²) in [4.78, 5) is 53.1. The van der Waals surface area contributed by atoms with Crippen molar-refractivity contribution in [2.45, 2.75) is 19.8 Å². The van der Waals surface area contributed by atoms with E-state index in [4.69, 9.17) is 16.3 Å². The molecule has 3 amide bonds. The maximum atomic E-state index is 13.5. The number of imide groups is 1. The third kappa shape index (κ3) is 4.28. The smallest absolute Gasteiger partial charge is 0.274 e. The van der Waals surface area contributed by atoms with Gasteiger partial charge in [0.2, 0.25) is 0 Å². The zero-order valence-electron chi connectivity index (χ0n) is 18.3. The molecule has 0 unspecified atom stereocenters. The van der Waals surface area contributed by atoms with Gasteiger partial charge >= 0.3 is 0 Å². The molecule has 1 aliphatic carbocycles. The molecule has 0 bridgehead atoms. The molecule has 0 radical (unpaired) electrons. The van der Waals surface area contributed by atoms with Gasteiger partial charge in [0.1, 0.15) is 12.3 Å². The summed E-state index contributed by atoms with van der Waals surface area (Å²) in [6.45, 7) is 1.43. The molecule has 2 aromatic rings. The number of carbonyl (C=O) groups excluding carboxylic acids is 4. The highest BCUT2D eigenvalue weighted by Gasteiger charge is 2.51. The number of nitrogens with zero attached hydrogens (tertiary/aromatic N) is 2. The number of allylic oxidation sites excluding steroid dienone is 2. The lowest BCUT2D eigenvalue weighted by molar-refractivity contribution is -0.154. The Morgan fingerprint density at radius 3 is 2.39 bits per heavy atom. The average Bonchev–Trinajstić information content (AvgIpc) is 3.06.